The molecule has 96 valence electrons. The molecule has 0 unspecified atom stereocenters. The summed E-state index contributed by atoms with van der Waals surface area (Å²) in [4.78, 5) is 0. The number of ether oxygens (including phenoxy) is 1. The molecule has 0 radical (unpaired) electrons. The Morgan fingerprint density at radius 2 is 2.22 bits per heavy atom. The minimum absolute atomic E-state index is 0.367. The van der Waals surface area contributed by atoms with Crippen molar-refractivity contribution in [2.45, 2.75) is 25.4 Å². The number of nitrogens with two attached hydrogens (primary N) is 1. The van der Waals surface area contributed by atoms with E-state index in [-0.39, 0.29) is 0 Å². The quantitative estimate of drug-likeness (QED) is 0.882. The summed E-state index contributed by atoms with van der Waals surface area (Å²) in [5.41, 5.74) is 8.15. The molecular weight excluding hydrogens is 248 g/mol. The lowest BCUT2D eigenvalue weighted by Crippen LogP contribution is -2.39. The zero-order chi connectivity index (χ0) is 12.5. The van der Waals surface area contributed by atoms with Gasteiger partial charge < -0.3 is 15.8 Å². The van der Waals surface area contributed by atoms with Crippen LogP contribution in [0.2, 0.25) is 5.02 Å². The Kier molecular flexibility index (Phi) is 3.18. The Morgan fingerprint density at radius 3 is 3.00 bits per heavy atom. The summed E-state index contributed by atoms with van der Waals surface area (Å²) in [6.45, 7) is 1.54. The number of hydrogen-bond acceptors (Lipinski definition) is 3. The van der Waals surface area contributed by atoms with Gasteiger partial charge in [0.25, 0.3) is 0 Å². The average Bonchev–Trinajstić information content (AvgIpc) is 2.33. The second kappa shape index (κ2) is 4.82. The van der Waals surface area contributed by atoms with Gasteiger partial charge in [0.15, 0.2) is 0 Å². The molecule has 1 heterocycles. The summed E-state index contributed by atoms with van der Waals surface area (Å²) in [5, 5.41) is 3.86. The van der Waals surface area contributed by atoms with Crippen LogP contribution in [-0.4, -0.2) is 12.6 Å². The zero-order valence-electron chi connectivity index (χ0n) is 10.2. The van der Waals surface area contributed by atoms with Crippen molar-refractivity contribution in [3.05, 3.63) is 34.5 Å². The predicted molar refractivity (Wildman–Crippen MR) is 73.5 cm³/mol. The van der Waals surface area contributed by atoms with Crippen LogP contribution in [0.4, 0.5) is 0 Å². The van der Waals surface area contributed by atoms with E-state index in [4.69, 9.17) is 22.1 Å². The first-order chi connectivity index (χ1) is 8.72. The smallest absolute Gasteiger partial charge is 0.138 e. The van der Waals surface area contributed by atoms with Crippen LogP contribution in [-0.2, 0) is 6.54 Å². The lowest BCUT2D eigenvalue weighted by Gasteiger charge is -2.32. The highest BCUT2D eigenvalue weighted by molar-refractivity contribution is 6.32. The first kappa shape index (κ1) is 11.9. The number of rotatable bonds is 3. The third-order valence-corrected chi connectivity index (χ3v) is 3.91. The fourth-order valence-electron chi connectivity index (χ4n) is 2.48. The summed E-state index contributed by atoms with van der Waals surface area (Å²) in [5.74, 6) is 1.37. The minimum Gasteiger partial charge on any atom is -0.492 e. The van der Waals surface area contributed by atoms with Crippen LogP contribution in [0.15, 0.2) is 18.3 Å². The first-order valence-corrected chi connectivity index (χ1v) is 6.71. The lowest BCUT2D eigenvalue weighted by molar-refractivity contribution is 0.160. The molecule has 0 spiro atoms. The summed E-state index contributed by atoms with van der Waals surface area (Å²) < 4.78 is 5.81. The Labute approximate surface area is 112 Å². The van der Waals surface area contributed by atoms with E-state index in [1.165, 1.54) is 11.1 Å². The van der Waals surface area contributed by atoms with Crippen molar-refractivity contribution >= 4 is 17.7 Å². The van der Waals surface area contributed by atoms with E-state index < -0.39 is 0 Å². The standard InChI is InChI=1S/C14H17ClN2O/c15-13-5-11-7-17-2-1-10(11)6-14(13)18-8-9-3-12(16)4-9/h1-2,5-6,9,12,17H,3-4,7-8,16H2. The third kappa shape index (κ3) is 2.33. The molecule has 0 saturated heterocycles. The Balaban J connectivity index is 1.70. The van der Waals surface area contributed by atoms with Gasteiger partial charge in [0.05, 0.1) is 11.6 Å². The van der Waals surface area contributed by atoms with Crippen molar-refractivity contribution in [1.82, 2.24) is 5.32 Å². The first-order valence-electron chi connectivity index (χ1n) is 6.33. The van der Waals surface area contributed by atoms with Crippen LogP contribution in [0.5, 0.6) is 5.75 Å². The van der Waals surface area contributed by atoms with Crippen LogP contribution in [0.3, 0.4) is 0 Å². The van der Waals surface area contributed by atoms with E-state index in [1.807, 2.05) is 24.4 Å². The van der Waals surface area contributed by atoms with Gasteiger partial charge in [-0.25, -0.2) is 0 Å². The van der Waals surface area contributed by atoms with Crippen molar-refractivity contribution in [1.29, 1.82) is 0 Å². The van der Waals surface area contributed by atoms with E-state index in [2.05, 4.69) is 5.32 Å². The summed E-state index contributed by atoms with van der Waals surface area (Å²) >= 11 is 6.23. The molecule has 1 aromatic carbocycles. The van der Waals surface area contributed by atoms with Gasteiger partial charge in [-0.1, -0.05) is 11.6 Å². The molecule has 1 aromatic rings. The molecule has 4 heteroatoms. The highest BCUT2D eigenvalue weighted by atomic mass is 35.5. The van der Waals surface area contributed by atoms with Crippen LogP contribution in [0.1, 0.15) is 24.0 Å². The zero-order valence-corrected chi connectivity index (χ0v) is 10.9. The van der Waals surface area contributed by atoms with E-state index in [9.17, 15) is 0 Å². The molecule has 3 N–H and O–H groups in total. The van der Waals surface area contributed by atoms with E-state index in [0.29, 0.717) is 23.6 Å². The van der Waals surface area contributed by atoms with Gasteiger partial charge >= 0.3 is 0 Å². The van der Waals surface area contributed by atoms with Gasteiger partial charge in [-0.15, -0.1) is 0 Å². The normalized spacial score (nSPS) is 25.0. The van der Waals surface area contributed by atoms with Crippen molar-refractivity contribution in [3.8, 4) is 5.75 Å². The monoisotopic (exact) mass is 264 g/mol. The van der Waals surface area contributed by atoms with Gasteiger partial charge in [0, 0.05) is 12.6 Å². The number of benzene rings is 1. The van der Waals surface area contributed by atoms with Gasteiger partial charge in [-0.05, 0) is 54.3 Å². The van der Waals surface area contributed by atoms with Crippen LogP contribution in [0, 0.1) is 5.92 Å². The second-order valence-corrected chi connectivity index (χ2v) is 5.51. The molecule has 0 amide bonds. The topological polar surface area (TPSA) is 47.3 Å². The highest BCUT2D eigenvalue weighted by Gasteiger charge is 2.26. The maximum atomic E-state index is 6.23. The molecular formula is C14H17ClN2O. The number of nitrogens with one attached hydrogen (secondary N) is 1. The van der Waals surface area contributed by atoms with Gasteiger partial charge in [0.2, 0.25) is 0 Å². The molecule has 1 aliphatic heterocycles. The average molecular weight is 265 g/mol. The molecule has 3 rings (SSSR count). The van der Waals surface area contributed by atoms with Crippen LogP contribution < -0.4 is 15.8 Å². The highest BCUT2D eigenvalue weighted by Crippen LogP contribution is 2.32. The Morgan fingerprint density at radius 1 is 1.39 bits per heavy atom. The summed E-state index contributed by atoms with van der Waals surface area (Å²) in [6, 6.07) is 4.37. The van der Waals surface area contributed by atoms with E-state index in [0.717, 1.165) is 25.1 Å². The van der Waals surface area contributed by atoms with Crippen molar-refractivity contribution in [2.75, 3.05) is 6.61 Å². The van der Waals surface area contributed by atoms with Gasteiger partial charge in [-0.2, -0.15) is 0 Å². The molecule has 2 aliphatic rings. The maximum Gasteiger partial charge on any atom is 0.138 e. The second-order valence-electron chi connectivity index (χ2n) is 5.10. The summed E-state index contributed by atoms with van der Waals surface area (Å²) in [6.07, 6.45) is 6.12. The SMILES string of the molecule is NC1CC(COc2cc3c(cc2Cl)CNC=C3)C1. The number of fused-ring (bicyclic) bond motifs is 1. The molecule has 1 saturated carbocycles. The molecule has 0 aromatic heterocycles. The Bertz CT molecular complexity index is 481. The van der Waals surface area contributed by atoms with Crippen LogP contribution in [0.25, 0.3) is 6.08 Å². The third-order valence-electron chi connectivity index (χ3n) is 3.61. The van der Waals surface area contributed by atoms with E-state index >= 15 is 0 Å². The van der Waals surface area contributed by atoms with Gasteiger partial charge in [0.1, 0.15) is 5.75 Å². The molecule has 1 fully saturated rings. The summed E-state index contributed by atoms with van der Waals surface area (Å²) in [7, 11) is 0. The lowest BCUT2D eigenvalue weighted by atomic mass is 9.82. The molecule has 3 nitrogen and oxygen atoms in total. The minimum atomic E-state index is 0.367. The fourth-order valence-corrected chi connectivity index (χ4v) is 2.72. The molecule has 0 bridgehead atoms. The largest absolute Gasteiger partial charge is 0.492 e. The number of halogens is 1. The van der Waals surface area contributed by atoms with Crippen molar-refractivity contribution in [3.63, 3.8) is 0 Å². The van der Waals surface area contributed by atoms with Crippen LogP contribution >= 0.6 is 11.6 Å². The van der Waals surface area contributed by atoms with Crippen molar-refractivity contribution in [2.24, 2.45) is 11.7 Å². The van der Waals surface area contributed by atoms with E-state index in [1.54, 1.807) is 0 Å². The van der Waals surface area contributed by atoms with Gasteiger partial charge in [-0.3, -0.25) is 0 Å². The maximum absolute atomic E-state index is 6.23. The molecule has 1 aliphatic carbocycles. The number of hydrogen-bond donors (Lipinski definition) is 2. The van der Waals surface area contributed by atoms with Crippen molar-refractivity contribution < 1.29 is 4.74 Å². The predicted octanol–water partition coefficient (Wildman–Crippen LogP) is 2.53. The fraction of sp³-hybridized carbons (Fsp3) is 0.429. The Hall–Kier alpha value is -1.19. The molecule has 0 atom stereocenters. The molecule has 18 heavy (non-hydrogen) atoms.